The maximum Gasteiger partial charge on any atom is 0.178 e. The molecular formula is C13H14BrFN2S. The van der Waals surface area contributed by atoms with E-state index in [1.54, 1.807) is 0 Å². The van der Waals surface area contributed by atoms with Gasteiger partial charge in [-0.25, -0.2) is 4.39 Å². The van der Waals surface area contributed by atoms with Gasteiger partial charge in [0.25, 0.3) is 0 Å². The molecule has 2 nitrogen and oxygen atoms in total. The average Bonchev–Trinajstić information content (AvgIpc) is 2.66. The summed E-state index contributed by atoms with van der Waals surface area (Å²) >= 11 is 8.64. The highest BCUT2D eigenvalue weighted by molar-refractivity contribution is 9.10. The molecule has 1 heterocycles. The van der Waals surface area contributed by atoms with E-state index in [1.165, 1.54) is 25.3 Å². The van der Waals surface area contributed by atoms with Gasteiger partial charge in [-0.1, -0.05) is 19.3 Å². The second-order valence-corrected chi connectivity index (χ2v) is 6.12. The average molecular weight is 329 g/mol. The Labute approximate surface area is 118 Å². The fourth-order valence-electron chi connectivity index (χ4n) is 2.82. The number of rotatable bonds is 1. The Balaban J connectivity index is 2.18. The molecular weight excluding hydrogens is 315 g/mol. The molecule has 1 aromatic carbocycles. The lowest BCUT2D eigenvalue weighted by atomic mass is 9.95. The van der Waals surface area contributed by atoms with Crippen LogP contribution in [-0.4, -0.2) is 9.55 Å². The number of fused-ring (bicyclic) bond motifs is 1. The van der Waals surface area contributed by atoms with Gasteiger partial charge in [0.15, 0.2) is 4.77 Å². The first-order valence-corrected chi connectivity index (χ1v) is 7.46. The fraction of sp³-hybridized carbons (Fsp3) is 0.462. The van der Waals surface area contributed by atoms with E-state index in [0.29, 0.717) is 15.3 Å². The van der Waals surface area contributed by atoms with Gasteiger partial charge in [0, 0.05) is 12.1 Å². The molecule has 18 heavy (non-hydrogen) atoms. The molecule has 3 rings (SSSR count). The second-order valence-electron chi connectivity index (χ2n) is 4.88. The first-order chi connectivity index (χ1) is 8.66. The monoisotopic (exact) mass is 328 g/mol. The molecule has 0 saturated heterocycles. The van der Waals surface area contributed by atoms with Crippen molar-refractivity contribution in [3.8, 4) is 0 Å². The Morgan fingerprint density at radius 1 is 1.28 bits per heavy atom. The topological polar surface area (TPSA) is 20.7 Å². The number of H-pyrrole nitrogens is 1. The van der Waals surface area contributed by atoms with Crippen LogP contribution < -0.4 is 0 Å². The fourth-order valence-corrected chi connectivity index (χ4v) is 3.51. The quantitative estimate of drug-likeness (QED) is 0.722. The minimum Gasteiger partial charge on any atom is -0.330 e. The van der Waals surface area contributed by atoms with Gasteiger partial charge < -0.3 is 9.55 Å². The Bertz CT molecular complexity index is 640. The van der Waals surface area contributed by atoms with Gasteiger partial charge in [-0.15, -0.1) is 0 Å². The number of imidazole rings is 1. The van der Waals surface area contributed by atoms with Crippen LogP contribution in [0.3, 0.4) is 0 Å². The van der Waals surface area contributed by atoms with Crippen molar-refractivity contribution in [3.05, 3.63) is 27.2 Å². The van der Waals surface area contributed by atoms with Crippen molar-refractivity contribution in [1.29, 1.82) is 0 Å². The van der Waals surface area contributed by atoms with E-state index in [9.17, 15) is 4.39 Å². The highest BCUT2D eigenvalue weighted by atomic mass is 79.9. The Kier molecular flexibility index (Phi) is 3.28. The maximum absolute atomic E-state index is 13.5. The lowest BCUT2D eigenvalue weighted by Crippen LogP contribution is -2.12. The van der Waals surface area contributed by atoms with Crippen LogP contribution in [0.15, 0.2) is 16.6 Å². The number of aromatic nitrogens is 2. The highest BCUT2D eigenvalue weighted by Crippen LogP contribution is 2.32. The third-order valence-corrected chi connectivity index (χ3v) is 4.60. The molecule has 1 saturated carbocycles. The predicted octanol–water partition coefficient (Wildman–Crippen LogP) is 5.11. The summed E-state index contributed by atoms with van der Waals surface area (Å²) in [5, 5.41) is 0. The van der Waals surface area contributed by atoms with Crippen molar-refractivity contribution in [2.24, 2.45) is 0 Å². The van der Waals surface area contributed by atoms with Crippen molar-refractivity contribution in [2.45, 2.75) is 38.1 Å². The summed E-state index contributed by atoms with van der Waals surface area (Å²) in [5.74, 6) is -0.255. The van der Waals surface area contributed by atoms with Crippen LogP contribution in [0.4, 0.5) is 4.39 Å². The normalized spacial score (nSPS) is 17.4. The zero-order chi connectivity index (χ0) is 12.7. The molecule has 0 amide bonds. The number of nitrogens with zero attached hydrogens (tertiary/aromatic N) is 1. The summed E-state index contributed by atoms with van der Waals surface area (Å²) in [6, 6.07) is 3.79. The van der Waals surface area contributed by atoms with Crippen LogP contribution in [-0.2, 0) is 0 Å². The van der Waals surface area contributed by atoms with Gasteiger partial charge in [0.1, 0.15) is 5.82 Å². The number of halogens is 2. The van der Waals surface area contributed by atoms with Crippen molar-refractivity contribution < 1.29 is 4.39 Å². The van der Waals surface area contributed by atoms with E-state index in [2.05, 4.69) is 25.5 Å². The van der Waals surface area contributed by atoms with E-state index in [4.69, 9.17) is 12.2 Å². The molecule has 5 heteroatoms. The lowest BCUT2D eigenvalue weighted by Gasteiger charge is -2.23. The predicted molar refractivity (Wildman–Crippen MR) is 76.9 cm³/mol. The minimum atomic E-state index is -0.255. The summed E-state index contributed by atoms with van der Waals surface area (Å²) < 4.78 is 16.9. The first kappa shape index (κ1) is 12.4. The van der Waals surface area contributed by atoms with Gasteiger partial charge in [-0.2, -0.15) is 0 Å². The van der Waals surface area contributed by atoms with E-state index in [-0.39, 0.29) is 5.82 Å². The second kappa shape index (κ2) is 4.78. The number of aromatic amines is 1. The molecule has 0 atom stereocenters. The molecule has 0 spiro atoms. The highest BCUT2D eigenvalue weighted by Gasteiger charge is 2.19. The zero-order valence-electron chi connectivity index (χ0n) is 9.88. The van der Waals surface area contributed by atoms with Crippen molar-refractivity contribution in [3.63, 3.8) is 0 Å². The van der Waals surface area contributed by atoms with E-state index >= 15 is 0 Å². The number of hydrogen-bond acceptors (Lipinski definition) is 1. The molecule has 1 N–H and O–H groups in total. The standard InChI is InChI=1S/C13H14BrFN2S/c14-9-6-12-11(7-10(9)15)16-13(18)17(12)8-4-2-1-3-5-8/h6-8H,1-5H2,(H,16,18). The minimum absolute atomic E-state index is 0.255. The van der Waals surface area contributed by atoms with Crippen molar-refractivity contribution in [2.75, 3.05) is 0 Å². The van der Waals surface area contributed by atoms with E-state index in [0.717, 1.165) is 23.9 Å². The Hall–Kier alpha value is -0.680. The SMILES string of the molecule is Fc1cc2[nH]c(=S)n(C3CCCCC3)c2cc1Br. The molecule has 0 bridgehead atoms. The molecule has 0 aliphatic heterocycles. The summed E-state index contributed by atoms with van der Waals surface area (Å²) in [4.78, 5) is 3.11. The van der Waals surface area contributed by atoms with Gasteiger partial charge in [0.05, 0.1) is 15.5 Å². The van der Waals surface area contributed by atoms with Crippen LogP contribution in [0, 0.1) is 10.6 Å². The molecule has 1 aliphatic rings. The summed E-state index contributed by atoms with van der Waals surface area (Å²) in [7, 11) is 0. The zero-order valence-corrected chi connectivity index (χ0v) is 12.3. The maximum atomic E-state index is 13.5. The first-order valence-electron chi connectivity index (χ1n) is 6.26. The van der Waals surface area contributed by atoms with Crippen LogP contribution in [0.2, 0.25) is 0 Å². The van der Waals surface area contributed by atoms with Crippen LogP contribution >= 0.6 is 28.1 Å². The van der Waals surface area contributed by atoms with Crippen LogP contribution in [0.5, 0.6) is 0 Å². The van der Waals surface area contributed by atoms with Gasteiger partial charge in [-0.05, 0) is 47.1 Å². The summed E-state index contributed by atoms with van der Waals surface area (Å²) in [6.45, 7) is 0. The van der Waals surface area contributed by atoms with Crippen molar-refractivity contribution in [1.82, 2.24) is 9.55 Å². The van der Waals surface area contributed by atoms with Gasteiger partial charge in [0.2, 0.25) is 0 Å². The molecule has 1 fully saturated rings. The van der Waals surface area contributed by atoms with Crippen LogP contribution in [0.1, 0.15) is 38.1 Å². The van der Waals surface area contributed by atoms with E-state index in [1.807, 2.05) is 6.07 Å². The number of hydrogen-bond donors (Lipinski definition) is 1. The smallest absolute Gasteiger partial charge is 0.178 e. The molecule has 1 aromatic heterocycles. The molecule has 2 aromatic rings. The molecule has 1 aliphatic carbocycles. The third-order valence-electron chi connectivity index (χ3n) is 3.70. The third kappa shape index (κ3) is 2.03. The van der Waals surface area contributed by atoms with E-state index < -0.39 is 0 Å². The number of benzene rings is 1. The van der Waals surface area contributed by atoms with Gasteiger partial charge >= 0.3 is 0 Å². The molecule has 96 valence electrons. The van der Waals surface area contributed by atoms with Crippen molar-refractivity contribution >= 4 is 39.2 Å². The largest absolute Gasteiger partial charge is 0.330 e. The van der Waals surface area contributed by atoms with Gasteiger partial charge in [-0.3, -0.25) is 0 Å². The lowest BCUT2D eigenvalue weighted by molar-refractivity contribution is 0.357. The Morgan fingerprint density at radius 3 is 2.72 bits per heavy atom. The molecule has 0 unspecified atom stereocenters. The Morgan fingerprint density at radius 2 is 2.00 bits per heavy atom. The molecule has 0 radical (unpaired) electrons. The summed E-state index contributed by atoms with van der Waals surface area (Å²) in [6.07, 6.45) is 6.14. The van der Waals surface area contributed by atoms with Crippen LogP contribution in [0.25, 0.3) is 11.0 Å². The summed E-state index contributed by atoms with van der Waals surface area (Å²) in [5.41, 5.74) is 1.78. The number of nitrogens with one attached hydrogen (secondary N) is 1.